The van der Waals surface area contributed by atoms with Gasteiger partial charge in [-0.25, -0.2) is 12.7 Å². The summed E-state index contributed by atoms with van der Waals surface area (Å²) in [5.41, 5.74) is 0.844. The fraction of sp³-hybridized carbons (Fsp3) is 0.588. The second-order valence-electron chi connectivity index (χ2n) is 5.59. The summed E-state index contributed by atoms with van der Waals surface area (Å²) in [4.78, 5) is 14.1. The van der Waals surface area contributed by atoms with Gasteiger partial charge in [0.25, 0.3) is 0 Å². The molecule has 23 heavy (non-hydrogen) atoms. The lowest BCUT2D eigenvalue weighted by Crippen LogP contribution is -2.37. The van der Waals surface area contributed by atoms with Crippen molar-refractivity contribution < 1.29 is 13.2 Å². The van der Waals surface area contributed by atoms with Crippen molar-refractivity contribution in [1.82, 2.24) is 4.31 Å². The number of benzene rings is 1. The lowest BCUT2D eigenvalue weighted by Gasteiger charge is -2.24. The molecule has 1 rings (SSSR count). The zero-order valence-corrected chi connectivity index (χ0v) is 15.2. The van der Waals surface area contributed by atoms with Crippen molar-refractivity contribution in [1.29, 1.82) is 0 Å². The summed E-state index contributed by atoms with van der Waals surface area (Å²) in [6, 6.07) is 9.45. The molecule has 0 heterocycles. The first-order valence-electron chi connectivity index (χ1n) is 8.20. The first-order chi connectivity index (χ1) is 10.9. The van der Waals surface area contributed by atoms with Gasteiger partial charge in [0.15, 0.2) is 0 Å². The van der Waals surface area contributed by atoms with Crippen molar-refractivity contribution in [3.63, 3.8) is 0 Å². The van der Waals surface area contributed by atoms with Crippen molar-refractivity contribution in [2.75, 3.05) is 30.8 Å². The minimum Gasteiger partial charge on any atom is -0.313 e. The number of carbonyl (C=O) groups is 1. The second-order valence-corrected chi connectivity index (χ2v) is 7.58. The summed E-state index contributed by atoms with van der Waals surface area (Å²) < 4.78 is 25.1. The van der Waals surface area contributed by atoms with Crippen LogP contribution in [0.15, 0.2) is 30.3 Å². The molecule has 0 N–H and O–H groups in total. The molecule has 0 aliphatic carbocycles. The smallest absolute Gasteiger partial charge is 0.228 e. The number of hydrogen-bond donors (Lipinski definition) is 0. The molecular formula is C17H28N2O3S. The molecule has 0 fully saturated rings. The van der Waals surface area contributed by atoms with Crippen molar-refractivity contribution in [3.05, 3.63) is 30.3 Å². The molecule has 0 aliphatic rings. The number of anilines is 1. The van der Waals surface area contributed by atoms with Gasteiger partial charge in [0.05, 0.1) is 6.26 Å². The molecule has 0 radical (unpaired) electrons. The molecule has 0 aromatic heterocycles. The van der Waals surface area contributed by atoms with Crippen molar-refractivity contribution >= 4 is 21.6 Å². The van der Waals surface area contributed by atoms with E-state index in [2.05, 4.69) is 6.92 Å². The minimum absolute atomic E-state index is 0.0529. The number of amides is 1. The summed E-state index contributed by atoms with van der Waals surface area (Å²) in [6.45, 7) is 5.29. The van der Waals surface area contributed by atoms with Crippen LogP contribution in [0.4, 0.5) is 5.69 Å². The molecule has 6 heteroatoms. The Morgan fingerprint density at radius 2 is 1.70 bits per heavy atom. The second kappa shape index (κ2) is 9.67. The van der Waals surface area contributed by atoms with Gasteiger partial charge >= 0.3 is 0 Å². The summed E-state index contributed by atoms with van der Waals surface area (Å²) in [7, 11) is -3.28. The van der Waals surface area contributed by atoms with Gasteiger partial charge in [-0.15, -0.1) is 0 Å². The normalized spacial score (nSPS) is 11.7. The Balaban J connectivity index is 2.66. The lowest BCUT2D eigenvalue weighted by atomic mass is 10.2. The van der Waals surface area contributed by atoms with Crippen molar-refractivity contribution in [2.24, 2.45) is 0 Å². The van der Waals surface area contributed by atoms with E-state index in [1.54, 1.807) is 4.90 Å². The number of rotatable bonds is 10. The maximum Gasteiger partial charge on any atom is 0.228 e. The number of carbonyl (C=O) groups excluding carboxylic acids is 1. The quantitative estimate of drug-likeness (QED) is 0.615. The zero-order valence-electron chi connectivity index (χ0n) is 14.4. The van der Waals surface area contributed by atoms with Crippen LogP contribution in [0.1, 0.15) is 39.5 Å². The molecule has 1 aromatic carbocycles. The van der Waals surface area contributed by atoms with Gasteiger partial charge in [-0.3, -0.25) is 4.79 Å². The van der Waals surface area contributed by atoms with Crippen LogP contribution in [0.5, 0.6) is 0 Å². The molecular weight excluding hydrogens is 312 g/mol. The van der Waals surface area contributed by atoms with E-state index in [0.29, 0.717) is 13.1 Å². The van der Waals surface area contributed by atoms with Crippen molar-refractivity contribution in [2.45, 2.75) is 39.5 Å². The van der Waals surface area contributed by atoms with E-state index in [0.717, 1.165) is 24.9 Å². The average molecular weight is 340 g/mol. The Bertz CT molecular complexity index is 573. The topological polar surface area (TPSA) is 57.7 Å². The Hall–Kier alpha value is -1.40. The predicted molar refractivity (Wildman–Crippen MR) is 95.0 cm³/mol. The SMILES string of the molecule is CCCCCN(CCC(=O)N(CC)c1ccccc1)S(C)(=O)=O. The van der Waals surface area contributed by atoms with Crippen LogP contribution in [0.25, 0.3) is 0 Å². The molecule has 5 nitrogen and oxygen atoms in total. The highest BCUT2D eigenvalue weighted by atomic mass is 32.2. The van der Waals surface area contributed by atoms with Gasteiger partial charge in [0.1, 0.15) is 0 Å². The Morgan fingerprint density at radius 3 is 2.22 bits per heavy atom. The minimum atomic E-state index is -3.28. The zero-order chi connectivity index (χ0) is 17.3. The van der Waals surface area contributed by atoms with Gasteiger partial charge in [0.2, 0.25) is 15.9 Å². The summed E-state index contributed by atoms with van der Waals surface area (Å²) >= 11 is 0. The lowest BCUT2D eigenvalue weighted by molar-refractivity contribution is -0.118. The van der Waals surface area contributed by atoms with Gasteiger partial charge in [-0.05, 0) is 25.5 Å². The van der Waals surface area contributed by atoms with Crippen LogP contribution >= 0.6 is 0 Å². The van der Waals surface area contributed by atoms with Crippen LogP contribution in [0, 0.1) is 0 Å². The van der Waals surface area contributed by atoms with E-state index in [1.807, 2.05) is 37.3 Å². The molecule has 1 amide bonds. The Kier molecular flexibility index (Phi) is 8.26. The van der Waals surface area contributed by atoms with Gasteiger partial charge in [-0.2, -0.15) is 0 Å². The number of hydrogen-bond acceptors (Lipinski definition) is 3. The van der Waals surface area contributed by atoms with Crippen LogP contribution in [-0.4, -0.2) is 44.5 Å². The number of para-hydroxylation sites is 1. The summed E-state index contributed by atoms with van der Waals surface area (Å²) in [6.07, 6.45) is 4.26. The number of sulfonamides is 1. The predicted octanol–water partition coefficient (Wildman–Crippen LogP) is 2.88. The third-order valence-electron chi connectivity index (χ3n) is 3.74. The fourth-order valence-corrected chi connectivity index (χ4v) is 3.33. The van der Waals surface area contributed by atoms with E-state index in [-0.39, 0.29) is 18.9 Å². The summed E-state index contributed by atoms with van der Waals surface area (Å²) in [5, 5.41) is 0. The first-order valence-corrected chi connectivity index (χ1v) is 10.1. The van der Waals surface area contributed by atoms with Gasteiger partial charge < -0.3 is 4.90 Å². The summed E-state index contributed by atoms with van der Waals surface area (Å²) in [5.74, 6) is -0.0529. The molecule has 0 atom stereocenters. The first kappa shape index (κ1) is 19.6. The molecule has 0 unspecified atom stereocenters. The highest BCUT2D eigenvalue weighted by Gasteiger charge is 2.20. The molecule has 130 valence electrons. The van der Waals surface area contributed by atoms with Crippen molar-refractivity contribution in [3.8, 4) is 0 Å². The highest BCUT2D eigenvalue weighted by Crippen LogP contribution is 2.15. The Morgan fingerprint density at radius 1 is 1.04 bits per heavy atom. The van der Waals surface area contributed by atoms with E-state index in [4.69, 9.17) is 0 Å². The van der Waals surface area contributed by atoms with Crippen LogP contribution < -0.4 is 4.90 Å². The third kappa shape index (κ3) is 6.71. The van der Waals surface area contributed by atoms with E-state index in [9.17, 15) is 13.2 Å². The molecule has 0 aliphatic heterocycles. The number of nitrogens with zero attached hydrogens (tertiary/aromatic N) is 2. The molecule has 0 bridgehead atoms. The van der Waals surface area contributed by atoms with E-state index in [1.165, 1.54) is 10.6 Å². The fourth-order valence-electron chi connectivity index (χ4n) is 2.45. The standard InChI is InChI=1S/C17H28N2O3S/c1-4-6-10-14-18(23(3,21)22)15-13-17(20)19(5-2)16-11-8-7-9-12-16/h7-9,11-12H,4-6,10,13-15H2,1-3H3. The van der Waals surface area contributed by atoms with E-state index >= 15 is 0 Å². The molecule has 0 spiro atoms. The van der Waals surface area contributed by atoms with E-state index < -0.39 is 10.0 Å². The maximum atomic E-state index is 12.4. The molecule has 0 saturated heterocycles. The maximum absolute atomic E-state index is 12.4. The molecule has 0 saturated carbocycles. The highest BCUT2D eigenvalue weighted by molar-refractivity contribution is 7.88. The third-order valence-corrected chi connectivity index (χ3v) is 5.04. The monoisotopic (exact) mass is 340 g/mol. The average Bonchev–Trinajstić information content (AvgIpc) is 2.51. The van der Waals surface area contributed by atoms with Gasteiger partial charge in [-0.1, -0.05) is 38.0 Å². The molecule has 1 aromatic rings. The number of unbranched alkanes of at least 4 members (excludes halogenated alkanes) is 2. The Labute approximate surface area is 140 Å². The van der Waals surface area contributed by atoms with Crippen LogP contribution in [-0.2, 0) is 14.8 Å². The van der Waals surface area contributed by atoms with Crippen LogP contribution in [0.2, 0.25) is 0 Å². The van der Waals surface area contributed by atoms with Crippen LogP contribution in [0.3, 0.4) is 0 Å². The largest absolute Gasteiger partial charge is 0.313 e. The van der Waals surface area contributed by atoms with Gasteiger partial charge in [0, 0.05) is 31.7 Å².